The summed E-state index contributed by atoms with van der Waals surface area (Å²) in [6.07, 6.45) is -4.41. The Kier molecular flexibility index (Phi) is 7.10. The summed E-state index contributed by atoms with van der Waals surface area (Å²) in [6, 6.07) is 3.49. The highest BCUT2D eigenvalue weighted by atomic mass is 19.4. The molecule has 26 heavy (non-hydrogen) atoms. The second-order valence-electron chi connectivity index (χ2n) is 6.09. The molecule has 2 rings (SSSR count). The average molecular weight is 375 g/mol. The van der Waals surface area contributed by atoms with Gasteiger partial charge in [0.1, 0.15) is 6.04 Å². The molecular formula is C17H24F3N3O3. The van der Waals surface area contributed by atoms with Crippen LogP contribution in [0.1, 0.15) is 5.56 Å². The zero-order valence-electron chi connectivity index (χ0n) is 14.9. The van der Waals surface area contributed by atoms with Crippen LogP contribution < -0.4 is 20.1 Å². The topological polar surface area (TPSA) is 62.8 Å². The lowest BCUT2D eigenvalue weighted by molar-refractivity contribution is -0.184. The van der Waals surface area contributed by atoms with Crippen LogP contribution in [0.5, 0.6) is 11.5 Å². The van der Waals surface area contributed by atoms with Crippen molar-refractivity contribution in [1.29, 1.82) is 0 Å². The molecule has 1 heterocycles. The van der Waals surface area contributed by atoms with Gasteiger partial charge in [0, 0.05) is 32.7 Å². The van der Waals surface area contributed by atoms with Crippen LogP contribution >= 0.6 is 0 Å². The quantitative estimate of drug-likeness (QED) is 0.753. The fourth-order valence-electron chi connectivity index (χ4n) is 2.74. The van der Waals surface area contributed by atoms with Crippen molar-refractivity contribution in [3.63, 3.8) is 0 Å². The molecule has 1 fully saturated rings. The number of hydrogen-bond acceptors (Lipinski definition) is 5. The van der Waals surface area contributed by atoms with Gasteiger partial charge < -0.3 is 20.1 Å². The number of amides is 1. The van der Waals surface area contributed by atoms with Crippen LogP contribution in [0.4, 0.5) is 13.2 Å². The van der Waals surface area contributed by atoms with E-state index >= 15 is 0 Å². The highest BCUT2D eigenvalue weighted by molar-refractivity contribution is 5.77. The average Bonchev–Trinajstić information content (AvgIpc) is 2.60. The Morgan fingerprint density at radius 1 is 1.31 bits per heavy atom. The number of nitrogens with one attached hydrogen (secondary N) is 2. The van der Waals surface area contributed by atoms with Crippen molar-refractivity contribution in [1.82, 2.24) is 15.5 Å². The number of carbonyl (C=O) groups excluding carboxylic acids is 1. The summed E-state index contributed by atoms with van der Waals surface area (Å²) in [5.41, 5.74) is 0.961. The van der Waals surface area contributed by atoms with Gasteiger partial charge in [0.25, 0.3) is 5.91 Å². The second-order valence-corrected chi connectivity index (χ2v) is 6.09. The van der Waals surface area contributed by atoms with Crippen molar-refractivity contribution in [3.05, 3.63) is 23.8 Å². The summed E-state index contributed by atoms with van der Waals surface area (Å²) in [7, 11) is 1.48. The molecule has 9 heteroatoms. The summed E-state index contributed by atoms with van der Waals surface area (Å²) in [5.74, 6) is 0.214. The van der Waals surface area contributed by atoms with Gasteiger partial charge in [-0.25, -0.2) is 0 Å². The molecule has 1 unspecified atom stereocenters. The van der Waals surface area contributed by atoms with Gasteiger partial charge in [-0.15, -0.1) is 0 Å². The van der Waals surface area contributed by atoms with E-state index in [1.807, 2.05) is 6.92 Å². The molecule has 1 atom stereocenters. The molecule has 1 saturated heterocycles. The number of nitrogens with zero attached hydrogens (tertiary/aromatic N) is 1. The van der Waals surface area contributed by atoms with Gasteiger partial charge in [-0.2, -0.15) is 13.2 Å². The number of aryl methyl sites for hydroxylation is 1. The highest BCUT2D eigenvalue weighted by Crippen LogP contribution is 2.28. The number of ether oxygens (including phenoxy) is 2. The molecule has 0 aliphatic carbocycles. The largest absolute Gasteiger partial charge is 0.493 e. The smallest absolute Gasteiger partial charge is 0.405 e. The van der Waals surface area contributed by atoms with Gasteiger partial charge >= 0.3 is 6.18 Å². The summed E-state index contributed by atoms with van der Waals surface area (Å²) in [6.45, 7) is 2.57. The third-order valence-electron chi connectivity index (χ3n) is 4.14. The summed E-state index contributed by atoms with van der Waals surface area (Å²) < 4.78 is 50.4. The first kappa shape index (κ1) is 20.3. The molecule has 1 aromatic carbocycles. The van der Waals surface area contributed by atoms with E-state index in [-0.39, 0.29) is 19.7 Å². The normalized spacial score (nSPS) is 16.8. The molecular weight excluding hydrogens is 351 g/mol. The predicted octanol–water partition coefficient (Wildman–Crippen LogP) is 1.33. The van der Waals surface area contributed by atoms with Crippen molar-refractivity contribution in [2.45, 2.75) is 19.1 Å². The van der Waals surface area contributed by atoms with Crippen LogP contribution in [0.2, 0.25) is 0 Å². The molecule has 2 N–H and O–H groups in total. The molecule has 0 aromatic heterocycles. The van der Waals surface area contributed by atoms with Crippen molar-refractivity contribution >= 4 is 5.91 Å². The molecule has 1 amide bonds. The van der Waals surface area contributed by atoms with Crippen molar-refractivity contribution in [2.24, 2.45) is 0 Å². The lowest BCUT2D eigenvalue weighted by Crippen LogP contribution is -2.57. The minimum Gasteiger partial charge on any atom is -0.493 e. The Balaban J connectivity index is 1.88. The first-order valence-electron chi connectivity index (χ1n) is 8.37. The molecule has 1 aliphatic rings. The molecule has 0 bridgehead atoms. The van der Waals surface area contributed by atoms with E-state index in [1.54, 1.807) is 18.2 Å². The van der Waals surface area contributed by atoms with Gasteiger partial charge in [0.2, 0.25) is 0 Å². The summed E-state index contributed by atoms with van der Waals surface area (Å²) >= 11 is 0. The number of alkyl halides is 3. The summed E-state index contributed by atoms with van der Waals surface area (Å²) in [5, 5.41) is 5.33. The van der Waals surface area contributed by atoms with Gasteiger partial charge in [0.15, 0.2) is 18.1 Å². The first-order valence-corrected chi connectivity index (χ1v) is 8.37. The first-order chi connectivity index (χ1) is 12.3. The molecule has 6 nitrogen and oxygen atoms in total. The number of methoxy groups -OCH3 is 1. The summed E-state index contributed by atoms with van der Waals surface area (Å²) in [4.78, 5) is 13.3. The fraction of sp³-hybridized carbons (Fsp3) is 0.588. The van der Waals surface area contributed by atoms with Crippen LogP contribution in [0, 0.1) is 6.92 Å². The van der Waals surface area contributed by atoms with Crippen molar-refractivity contribution in [3.8, 4) is 11.5 Å². The molecule has 1 aliphatic heterocycles. The Bertz CT molecular complexity index is 605. The molecule has 1 aromatic rings. The fourth-order valence-corrected chi connectivity index (χ4v) is 2.74. The molecule has 0 radical (unpaired) electrons. The van der Waals surface area contributed by atoms with E-state index in [9.17, 15) is 18.0 Å². The van der Waals surface area contributed by atoms with Gasteiger partial charge in [0.05, 0.1) is 7.11 Å². The third-order valence-corrected chi connectivity index (χ3v) is 4.14. The van der Waals surface area contributed by atoms with Gasteiger partial charge in [-0.1, -0.05) is 6.07 Å². The minimum atomic E-state index is -4.41. The number of halogens is 3. The molecule has 146 valence electrons. The number of hydrogen-bond donors (Lipinski definition) is 2. The van der Waals surface area contributed by atoms with Gasteiger partial charge in [-0.05, 0) is 24.6 Å². The Hall–Kier alpha value is -2.00. The standard InChI is InChI=1S/C17H24F3N3O3/c1-12-3-4-13(14(9-12)25-2)26-11-16(24)22-10-15(17(18,19)20)23-7-5-21-6-8-23/h3-4,9,15,21H,5-8,10-11H2,1-2H3,(H,22,24). The maximum absolute atomic E-state index is 13.3. The third kappa shape index (κ3) is 5.77. The molecule has 0 saturated carbocycles. The Morgan fingerprint density at radius 3 is 2.62 bits per heavy atom. The van der Waals surface area contributed by atoms with Crippen LogP contribution in [-0.2, 0) is 4.79 Å². The van der Waals surface area contributed by atoms with Crippen LogP contribution in [0.25, 0.3) is 0 Å². The Morgan fingerprint density at radius 2 is 2.00 bits per heavy atom. The van der Waals surface area contributed by atoms with Crippen molar-refractivity contribution < 1.29 is 27.4 Å². The zero-order valence-corrected chi connectivity index (χ0v) is 14.9. The monoisotopic (exact) mass is 375 g/mol. The second kappa shape index (κ2) is 9.09. The predicted molar refractivity (Wildman–Crippen MR) is 90.5 cm³/mol. The van der Waals surface area contributed by atoms with Crippen LogP contribution in [0.3, 0.4) is 0 Å². The van der Waals surface area contributed by atoms with E-state index in [0.717, 1.165) is 5.56 Å². The number of carbonyl (C=O) groups is 1. The maximum Gasteiger partial charge on any atom is 0.405 e. The van der Waals surface area contributed by atoms with E-state index in [4.69, 9.17) is 9.47 Å². The number of rotatable bonds is 7. The number of piperazine rings is 1. The van der Waals surface area contributed by atoms with Gasteiger partial charge in [-0.3, -0.25) is 9.69 Å². The van der Waals surface area contributed by atoms with E-state index in [2.05, 4.69) is 10.6 Å². The minimum absolute atomic E-state index is 0.289. The van der Waals surface area contributed by atoms with Crippen molar-refractivity contribution in [2.75, 3.05) is 46.4 Å². The van der Waals surface area contributed by atoms with E-state index < -0.39 is 24.7 Å². The SMILES string of the molecule is COc1cc(C)ccc1OCC(=O)NCC(N1CCNCC1)C(F)(F)F. The maximum atomic E-state index is 13.3. The Labute approximate surface area is 150 Å². The van der Waals surface area contributed by atoms with Crippen LogP contribution in [0.15, 0.2) is 18.2 Å². The number of benzene rings is 1. The highest BCUT2D eigenvalue weighted by Gasteiger charge is 2.43. The molecule has 0 spiro atoms. The van der Waals surface area contributed by atoms with Crippen LogP contribution in [-0.4, -0.2) is 69.5 Å². The van der Waals surface area contributed by atoms with E-state index in [0.29, 0.717) is 24.6 Å². The lowest BCUT2D eigenvalue weighted by Gasteiger charge is -2.35. The lowest BCUT2D eigenvalue weighted by atomic mass is 10.2. The zero-order chi connectivity index (χ0) is 19.2. The van der Waals surface area contributed by atoms with E-state index in [1.165, 1.54) is 12.0 Å².